The molecule has 1 N–H and O–H groups in total. The van der Waals surface area contributed by atoms with Crippen LogP contribution in [-0.4, -0.2) is 18.8 Å². The van der Waals surface area contributed by atoms with Gasteiger partial charge in [-0.3, -0.25) is 0 Å². The summed E-state index contributed by atoms with van der Waals surface area (Å²) in [6.07, 6.45) is 2.71. The summed E-state index contributed by atoms with van der Waals surface area (Å²) in [5.74, 6) is 0.974. The molecule has 0 spiro atoms. The van der Waals surface area contributed by atoms with E-state index in [0.29, 0.717) is 12.1 Å². The molecule has 1 saturated carbocycles. The van der Waals surface area contributed by atoms with Crippen LogP contribution in [0.25, 0.3) is 0 Å². The molecule has 84 valence electrons. The van der Waals surface area contributed by atoms with E-state index >= 15 is 0 Å². The third kappa shape index (κ3) is 3.06. The maximum Gasteiger partial charge on any atom is 0.169 e. The van der Waals surface area contributed by atoms with Crippen LogP contribution < -0.4 is 5.32 Å². The molecule has 0 saturated heterocycles. The Labute approximate surface area is 98.3 Å². The Kier molecular flexibility index (Phi) is 3.83. The Morgan fingerprint density at radius 1 is 1.53 bits per heavy atom. The molecule has 1 aliphatic rings. The van der Waals surface area contributed by atoms with E-state index in [-0.39, 0.29) is 0 Å². The van der Waals surface area contributed by atoms with Crippen molar-refractivity contribution in [2.45, 2.75) is 38.5 Å². The predicted molar refractivity (Wildman–Crippen MR) is 61.7 cm³/mol. The molecule has 0 aromatic carbocycles. The molecule has 1 aromatic rings. The van der Waals surface area contributed by atoms with Crippen molar-refractivity contribution in [2.75, 3.05) is 6.61 Å². The molecule has 0 bridgehead atoms. The number of hydrogen-bond donors (Lipinski definition) is 1. The fourth-order valence-electron chi connectivity index (χ4n) is 1.80. The third-order valence-electron chi connectivity index (χ3n) is 2.69. The molecule has 0 radical (unpaired) electrons. The van der Waals surface area contributed by atoms with Gasteiger partial charge in [0.05, 0.1) is 12.6 Å². The standard InChI is InChI=1S/C11H16BrNO2/c1-2-14-10-5-8(6-10)13-7-9-3-4-11(12)15-9/h3-4,8,10,13H,2,5-7H2,1H3. The van der Waals surface area contributed by atoms with Crippen LogP contribution in [0, 0.1) is 0 Å². The molecule has 0 amide bonds. The van der Waals surface area contributed by atoms with Crippen molar-refractivity contribution >= 4 is 15.9 Å². The van der Waals surface area contributed by atoms with Crippen molar-refractivity contribution in [3.05, 3.63) is 22.6 Å². The lowest BCUT2D eigenvalue weighted by Gasteiger charge is -2.35. The second-order valence-electron chi connectivity index (χ2n) is 3.83. The molecular formula is C11H16BrNO2. The van der Waals surface area contributed by atoms with Crippen molar-refractivity contribution in [3.63, 3.8) is 0 Å². The van der Waals surface area contributed by atoms with Crippen LogP contribution in [0.5, 0.6) is 0 Å². The van der Waals surface area contributed by atoms with Gasteiger partial charge < -0.3 is 14.5 Å². The van der Waals surface area contributed by atoms with Gasteiger partial charge in [-0.05, 0) is 47.8 Å². The van der Waals surface area contributed by atoms with Gasteiger partial charge in [0.15, 0.2) is 4.67 Å². The number of rotatable bonds is 5. The van der Waals surface area contributed by atoms with E-state index in [1.807, 2.05) is 19.1 Å². The minimum absolute atomic E-state index is 0.468. The highest BCUT2D eigenvalue weighted by Gasteiger charge is 2.28. The Morgan fingerprint density at radius 2 is 2.33 bits per heavy atom. The summed E-state index contributed by atoms with van der Waals surface area (Å²) in [6.45, 7) is 3.67. The van der Waals surface area contributed by atoms with E-state index < -0.39 is 0 Å². The van der Waals surface area contributed by atoms with Gasteiger partial charge in [-0.1, -0.05) is 0 Å². The summed E-state index contributed by atoms with van der Waals surface area (Å²) in [5, 5.41) is 3.44. The SMILES string of the molecule is CCOC1CC(NCc2ccc(Br)o2)C1. The molecule has 4 heteroatoms. The highest BCUT2D eigenvalue weighted by molar-refractivity contribution is 9.10. The van der Waals surface area contributed by atoms with Crippen LogP contribution in [0.2, 0.25) is 0 Å². The minimum Gasteiger partial charge on any atom is -0.453 e. The molecular weight excluding hydrogens is 258 g/mol. The maximum absolute atomic E-state index is 5.49. The first-order valence-corrected chi connectivity index (χ1v) is 6.16. The Hall–Kier alpha value is -0.320. The molecule has 0 unspecified atom stereocenters. The molecule has 3 nitrogen and oxygen atoms in total. The van der Waals surface area contributed by atoms with Crippen molar-refractivity contribution in [1.29, 1.82) is 0 Å². The van der Waals surface area contributed by atoms with Crippen LogP contribution in [0.1, 0.15) is 25.5 Å². The Morgan fingerprint density at radius 3 is 2.93 bits per heavy atom. The monoisotopic (exact) mass is 273 g/mol. The van der Waals surface area contributed by atoms with Gasteiger partial charge in [-0.15, -0.1) is 0 Å². The first-order valence-electron chi connectivity index (χ1n) is 5.37. The predicted octanol–water partition coefficient (Wildman–Crippen LogP) is 2.70. The summed E-state index contributed by atoms with van der Waals surface area (Å²) in [7, 11) is 0. The molecule has 0 atom stereocenters. The van der Waals surface area contributed by atoms with Gasteiger partial charge in [0.2, 0.25) is 0 Å². The number of halogens is 1. The van der Waals surface area contributed by atoms with Crippen LogP contribution in [0.15, 0.2) is 21.2 Å². The third-order valence-corrected chi connectivity index (χ3v) is 3.12. The Bertz CT molecular complexity index is 307. The van der Waals surface area contributed by atoms with Crippen molar-refractivity contribution in [2.24, 2.45) is 0 Å². The molecule has 1 fully saturated rings. The van der Waals surface area contributed by atoms with Gasteiger partial charge >= 0.3 is 0 Å². The average Bonchev–Trinajstić information content (AvgIpc) is 2.55. The summed E-state index contributed by atoms with van der Waals surface area (Å²) < 4.78 is 11.7. The zero-order chi connectivity index (χ0) is 10.7. The lowest BCUT2D eigenvalue weighted by Crippen LogP contribution is -2.45. The van der Waals surface area contributed by atoms with Gasteiger partial charge in [0.1, 0.15) is 5.76 Å². The molecule has 1 heterocycles. The smallest absolute Gasteiger partial charge is 0.169 e. The first kappa shape index (κ1) is 11.2. The van der Waals surface area contributed by atoms with Crippen LogP contribution >= 0.6 is 15.9 Å². The highest BCUT2D eigenvalue weighted by Crippen LogP contribution is 2.23. The van der Waals surface area contributed by atoms with E-state index in [4.69, 9.17) is 9.15 Å². The van der Waals surface area contributed by atoms with Crippen LogP contribution in [0.4, 0.5) is 0 Å². The maximum atomic E-state index is 5.49. The first-order chi connectivity index (χ1) is 7.28. The fraction of sp³-hybridized carbons (Fsp3) is 0.636. The summed E-state index contributed by atoms with van der Waals surface area (Å²) >= 11 is 3.29. The van der Waals surface area contributed by atoms with E-state index in [9.17, 15) is 0 Å². The average molecular weight is 274 g/mol. The van der Waals surface area contributed by atoms with Crippen molar-refractivity contribution < 1.29 is 9.15 Å². The molecule has 2 rings (SSSR count). The van der Waals surface area contributed by atoms with E-state index in [2.05, 4.69) is 21.2 Å². The molecule has 15 heavy (non-hydrogen) atoms. The quantitative estimate of drug-likeness (QED) is 0.896. The minimum atomic E-state index is 0.468. The zero-order valence-electron chi connectivity index (χ0n) is 8.83. The summed E-state index contributed by atoms with van der Waals surface area (Å²) in [5.41, 5.74) is 0. The highest BCUT2D eigenvalue weighted by atomic mass is 79.9. The van der Waals surface area contributed by atoms with Crippen molar-refractivity contribution in [3.8, 4) is 0 Å². The van der Waals surface area contributed by atoms with Crippen LogP contribution in [0.3, 0.4) is 0 Å². The lowest BCUT2D eigenvalue weighted by molar-refractivity contribution is -0.0105. The zero-order valence-corrected chi connectivity index (χ0v) is 10.4. The fourth-order valence-corrected chi connectivity index (χ4v) is 2.14. The van der Waals surface area contributed by atoms with Gasteiger partial charge in [-0.2, -0.15) is 0 Å². The topological polar surface area (TPSA) is 34.4 Å². The molecule has 1 aromatic heterocycles. The van der Waals surface area contributed by atoms with Gasteiger partial charge in [0, 0.05) is 12.6 Å². The number of hydrogen-bond acceptors (Lipinski definition) is 3. The van der Waals surface area contributed by atoms with Gasteiger partial charge in [-0.25, -0.2) is 0 Å². The Balaban J connectivity index is 1.64. The van der Waals surface area contributed by atoms with Gasteiger partial charge in [0.25, 0.3) is 0 Å². The molecule has 1 aliphatic carbocycles. The second kappa shape index (κ2) is 5.14. The van der Waals surface area contributed by atoms with E-state index in [1.165, 1.54) is 0 Å². The summed E-state index contributed by atoms with van der Waals surface area (Å²) in [6, 6.07) is 4.49. The second-order valence-corrected chi connectivity index (χ2v) is 4.61. The normalized spacial score (nSPS) is 25.2. The number of ether oxygens (including phenoxy) is 1. The van der Waals surface area contributed by atoms with E-state index in [0.717, 1.165) is 36.4 Å². The molecule has 0 aliphatic heterocycles. The van der Waals surface area contributed by atoms with Crippen LogP contribution in [-0.2, 0) is 11.3 Å². The van der Waals surface area contributed by atoms with E-state index in [1.54, 1.807) is 0 Å². The largest absolute Gasteiger partial charge is 0.453 e. The number of furan rings is 1. The summed E-state index contributed by atoms with van der Waals surface area (Å²) in [4.78, 5) is 0. The lowest BCUT2D eigenvalue weighted by atomic mass is 9.89. The van der Waals surface area contributed by atoms with Crippen molar-refractivity contribution in [1.82, 2.24) is 5.32 Å². The number of nitrogens with one attached hydrogen (secondary N) is 1.